The number of rotatable bonds is 6. The molecule has 0 saturated carbocycles. The summed E-state index contributed by atoms with van der Waals surface area (Å²) in [5.74, 6) is 0. The SMILES string of the molecule is c1ccc(N(c2ccc3c(c2)oc2ccccc23)c2ccc3c(c2)c2cccc4c5cc6c(cc5n3c24)c2cccc3c4cc(N(c5ccccc5)c5ccc7c(c5)oc5ccccc57)ccc4n6c32)cc1. The van der Waals surface area contributed by atoms with E-state index in [1.165, 1.54) is 76.2 Å². The van der Waals surface area contributed by atoms with Gasteiger partial charge in [0.05, 0.1) is 33.1 Å². The number of benzene rings is 11. The van der Waals surface area contributed by atoms with Gasteiger partial charge in [-0.05, 0) is 109 Å². The topological polar surface area (TPSA) is 41.6 Å². The van der Waals surface area contributed by atoms with Crippen LogP contribution in [-0.4, -0.2) is 8.80 Å². The van der Waals surface area contributed by atoms with E-state index < -0.39 is 0 Å². The number of nitrogens with zero attached hydrogens (tertiary/aromatic N) is 4. The van der Waals surface area contributed by atoms with Crippen LogP contribution in [0.15, 0.2) is 239 Å². The molecule has 17 aromatic rings. The van der Waals surface area contributed by atoms with Crippen molar-refractivity contribution in [3.63, 3.8) is 0 Å². The van der Waals surface area contributed by atoms with E-state index in [9.17, 15) is 0 Å². The second-order valence-corrected chi connectivity index (χ2v) is 19.3. The Morgan fingerprint density at radius 3 is 1.01 bits per heavy atom. The van der Waals surface area contributed by atoms with Gasteiger partial charge in [-0.25, -0.2) is 0 Å². The molecule has 0 amide bonds. The Kier molecular flexibility index (Phi) is 7.38. The minimum Gasteiger partial charge on any atom is -0.456 e. The predicted octanol–water partition coefficient (Wildman–Crippen LogP) is 18.7. The number of anilines is 6. The summed E-state index contributed by atoms with van der Waals surface area (Å²) in [7, 11) is 0. The first-order valence-corrected chi connectivity index (χ1v) is 24.6. The van der Waals surface area contributed by atoms with Crippen molar-refractivity contribution in [3.05, 3.63) is 231 Å². The van der Waals surface area contributed by atoms with Gasteiger partial charge in [-0.2, -0.15) is 0 Å². The Balaban J connectivity index is 0.840. The maximum atomic E-state index is 6.41. The van der Waals surface area contributed by atoms with Crippen LogP contribution in [0.5, 0.6) is 0 Å². The van der Waals surface area contributed by atoms with Gasteiger partial charge < -0.3 is 27.4 Å². The number of hydrogen-bond acceptors (Lipinski definition) is 4. The lowest BCUT2D eigenvalue weighted by Crippen LogP contribution is -2.09. The third-order valence-electron chi connectivity index (χ3n) is 15.5. The maximum Gasteiger partial charge on any atom is 0.137 e. The van der Waals surface area contributed by atoms with Gasteiger partial charge in [-0.1, -0.05) is 109 Å². The molecule has 0 radical (unpaired) electrons. The van der Waals surface area contributed by atoms with Crippen LogP contribution in [0.25, 0.3) is 120 Å². The van der Waals surface area contributed by atoms with Crippen molar-refractivity contribution in [3.8, 4) is 0 Å². The summed E-state index contributed by atoms with van der Waals surface area (Å²) in [6.45, 7) is 0. The van der Waals surface area contributed by atoms with Gasteiger partial charge in [-0.15, -0.1) is 0 Å². The molecule has 17 rings (SSSR count). The highest BCUT2D eigenvalue weighted by Gasteiger charge is 2.25. The molecule has 6 aromatic heterocycles. The van der Waals surface area contributed by atoms with Crippen molar-refractivity contribution in [2.24, 2.45) is 0 Å². The Hall–Kier alpha value is -9.78. The van der Waals surface area contributed by atoms with Crippen molar-refractivity contribution in [1.29, 1.82) is 0 Å². The third-order valence-corrected chi connectivity index (χ3v) is 15.5. The monoisotopic (exact) mass is 918 g/mol. The summed E-state index contributed by atoms with van der Waals surface area (Å²) >= 11 is 0. The van der Waals surface area contributed by atoms with Crippen LogP contribution in [0.1, 0.15) is 0 Å². The normalized spacial score (nSPS) is 12.4. The number of aromatic nitrogens is 2. The fourth-order valence-electron chi connectivity index (χ4n) is 12.5. The van der Waals surface area contributed by atoms with Crippen LogP contribution in [0.4, 0.5) is 34.1 Å². The van der Waals surface area contributed by atoms with Gasteiger partial charge in [-0.3, -0.25) is 0 Å². The molecule has 0 unspecified atom stereocenters. The fourth-order valence-corrected chi connectivity index (χ4v) is 12.5. The van der Waals surface area contributed by atoms with Crippen LogP contribution in [0.3, 0.4) is 0 Å². The second kappa shape index (κ2) is 13.9. The lowest BCUT2D eigenvalue weighted by Gasteiger charge is -2.25. The number of furan rings is 2. The number of para-hydroxylation sites is 6. The predicted molar refractivity (Wildman–Crippen MR) is 300 cm³/mol. The zero-order chi connectivity index (χ0) is 46.8. The van der Waals surface area contributed by atoms with Crippen LogP contribution < -0.4 is 9.80 Å². The summed E-state index contributed by atoms with van der Waals surface area (Å²) in [4.78, 5) is 4.68. The Morgan fingerprint density at radius 1 is 0.222 bits per heavy atom. The molecule has 334 valence electrons. The van der Waals surface area contributed by atoms with Gasteiger partial charge in [0.2, 0.25) is 0 Å². The van der Waals surface area contributed by atoms with Crippen LogP contribution in [-0.2, 0) is 0 Å². The van der Waals surface area contributed by atoms with Crippen molar-refractivity contribution >= 4 is 154 Å². The molecule has 0 N–H and O–H groups in total. The number of fused-ring (bicyclic) bond motifs is 18. The summed E-state index contributed by atoms with van der Waals surface area (Å²) < 4.78 is 17.8. The largest absolute Gasteiger partial charge is 0.456 e. The molecule has 0 bridgehead atoms. The van der Waals surface area contributed by atoms with Crippen molar-refractivity contribution in [2.45, 2.75) is 0 Å². The fraction of sp³-hybridized carbons (Fsp3) is 0. The Bertz CT molecular complexity index is 4740. The van der Waals surface area contributed by atoms with Gasteiger partial charge in [0.15, 0.2) is 0 Å². The van der Waals surface area contributed by atoms with E-state index in [0.29, 0.717) is 0 Å². The molecule has 6 nitrogen and oxygen atoms in total. The molecular weight excluding hydrogens is 881 g/mol. The molecule has 72 heavy (non-hydrogen) atoms. The smallest absolute Gasteiger partial charge is 0.137 e. The molecule has 0 spiro atoms. The average Bonchev–Trinajstić information content (AvgIpc) is 4.28. The Morgan fingerprint density at radius 2 is 0.569 bits per heavy atom. The van der Waals surface area contributed by atoms with E-state index in [4.69, 9.17) is 8.83 Å². The lowest BCUT2D eigenvalue weighted by atomic mass is 10.0. The summed E-state index contributed by atoms with van der Waals surface area (Å²) in [6, 6.07) is 83.4. The van der Waals surface area contributed by atoms with Gasteiger partial charge in [0, 0.05) is 111 Å². The third kappa shape index (κ3) is 5.06. The zero-order valence-corrected chi connectivity index (χ0v) is 38.5. The Labute approximate surface area is 410 Å². The highest BCUT2D eigenvalue weighted by Crippen LogP contribution is 2.48. The molecule has 0 fully saturated rings. The maximum absolute atomic E-state index is 6.41. The standard InChI is InChI=1S/C66H38N4O2/c1-3-13-39(14-4-1)67(43-25-29-47-45-17-7-9-23-61(45)71-63(47)35-43)41-27-31-57-53(33-41)49-19-11-21-51-55-38-60-56(37-59(55)69(57)65(49)51)52-22-12-20-50-54-34-42(28-32-58(54)70(60)66(50)52)68(40-15-5-2-6-16-40)44-26-30-48-46-18-8-10-24-62(46)72-64(48)36-44/h1-38H. The average molecular weight is 919 g/mol. The minimum atomic E-state index is 0.874. The van der Waals surface area contributed by atoms with Crippen molar-refractivity contribution in [1.82, 2.24) is 8.80 Å². The summed E-state index contributed by atoms with van der Waals surface area (Å²) in [6.07, 6.45) is 0. The molecule has 0 saturated heterocycles. The van der Waals surface area contributed by atoms with Crippen LogP contribution >= 0.6 is 0 Å². The first kappa shape index (κ1) is 38.1. The minimum absolute atomic E-state index is 0.874. The van der Waals surface area contributed by atoms with E-state index >= 15 is 0 Å². The van der Waals surface area contributed by atoms with E-state index in [1.54, 1.807) is 0 Å². The second-order valence-electron chi connectivity index (χ2n) is 19.3. The van der Waals surface area contributed by atoms with Gasteiger partial charge in [0.25, 0.3) is 0 Å². The highest BCUT2D eigenvalue weighted by molar-refractivity contribution is 6.29. The molecule has 11 aromatic carbocycles. The molecule has 0 aliphatic rings. The summed E-state index contributed by atoms with van der Waals surface area (Å²) in [5, 5.41) is 14.4. The molecular formula is C66H38N4O2. The molecule has 6 heterocycles. The zero-order valence-electron chi connectivity index (χ0n) is 38.5. The molecule has 0 aliphatic carbocycles. The quantitative estimate of drug-likeness (QED) is 0.167. The molecule has 6 heteroatoms. The molecule has 0 aliphatic heterocycles. The van der Waals surface area contributed by atoms with E-state index in [-0.39, 0.29) is 0 Å². The number of hydrogen-bond donors (Lipinski definition) is 0. The molecule has 0 atom stereocenters. The van der Waals surface area contributed by atoms with Crippen LogP contribution in [0.2, 0.25) is 0 Å². The highest BCUT2D eigenvalue weighted by atomic mass is 16.3. The van der Waals surface area contributed by atoms with Crippen molar-refractivity contribution in [2.75, 3.05) is 9.80 Å². The lowest BCUT2D eigenvalue weighted by molar-refractivity contribution is 0.668. The van der Waals surface area contributed by atoms with E-state index in [2.05, 4.69) is 225 Å². The van der Waals surface area contributed by atoms with E-state index in [0.717, 1.165) is 78.0 Å². The first-order chi connectivity index (χ1) is 35.7. The van der Waals surface area contributed by atoms with Crippen molar-refractivity contribution < 1.29 is 8.83 Å². The van der Waals surface area contributed by atoms with E-state index in [1.807, 2.05) is 24.3 Å². The first-order valence-electron chi connectivity index (χ1n) is 24.6. The van der Waals surface area contributed by atoms with Crippen LogP contribution in [0, 0.1) is 0 Å². The summed E-state index contributed by atoms with van der Waals surface area (Å²) in [5.41, 5.74) is 17.3. The van der Waals surface area contributed by atoms with Gasteiger partial charge in [0.1, 0.15) is 22.3 Å². The van der Waals surface area contributed by atoms with Gasteiger partial charge >= 0.3 is 0 Å².